The van der Waals surface area contributed by atoms with E-state index in [1.165, 1.54) is 32.4 Å². The second kappa shape index (κ2) is 5.43. The highest BCUT2D eigenvalue weighted by molar-refractivity contribution is 7.80. The molecule has 2 aliphatic heterocycles. The Balaban J connectivity index is 1.75. The SMILES string of the molecule is NC(=S)c1ccc(N2CCCN3CCCC3C2)nc1. The zero-order chi connectivity index (χ0) is 13.2. The van der Waals surface area contributed by atoms with E-state index in [2.05, 4.69) is 14.8 Å². The van der Waals surface area contributed by atoms with Crippen LogP contribution in [-0.4, -0.2) is 47.1 Å². The highest BCUT2D eigenvalue weighted by Crippen LogP contribution is 2.24. The third kappa shape index (κ3) is 2.72. The summed E-state index contributed by atoms with van der Waals surface area (Å²) >= 11 is 4.96. The molecule has 1 atom stereocenters. The van der Waals surface area contributed by atoms with E-state index < -0.39 is 0 Å². The molecule has 1 unspecified atom stereocenters. The van der Waals surface area contributed by atoms with Crippen molar-refractivity contribution in [2.75, 3.05) is 31.1 Å². The quantitative estimate of drug-likeness (QED) is 0.827. The van der Waals surface area contributed by atoms with Crippen LogP contribution in [0.2, 0.25) is 0 Å². The molecule has 0 aliphatic carbocycles. The number of aromatic nitrogens is 1. The molecule has 2 aliphatic rings. The Morgan fingerprint density at radius 1 is 1.26 bits per heavy atom. The van der Waals surface area contributed by atoms with E-state index in [9.17, 15) is 0 Å². The second-order valence-electron chi connectivity index (χ2n) is 5.40. The van der Waals surface area contributed by atoms with Gasteiger partial charge in [0.05, 0.1) is 0 Å². The molecule has 3 rings (SSSR count). The van der Waals surface area contributed by atoms with Crippen molar-refractivity contribution in [1.29, 1.82) is 0 Å². The minimum atomic E-state index is 0.414. The fraction of sp³-hybridized carbons (Fsp3) is 0.571. The molecule has 0 aromatic carbocycles. The summed E-state index contributed by atoms with van der Waals surface area (Å²) in [6, 6.07) is 4.72. The first-order valence-electron chi connectivity index (χ1n) is 6.99. The fourth-order valence-corrected chi connectivity index (χ4v) is 3.25. The highest BCUT2D eigenvalue weighted by atomic mass is 32.1. The van der Waals surface area contributed by atoms with Gasteiger partial charge in [-0.2, -0.15) is 0 Å². The molecule has 2 saturated heterocycles. The maximum Gasteiger partial charge on any atom is 0.128 e. The van der Waals surface area contributed by atoms with Gasteiger partial charge in [-0.25, -0.2) is 4.98 Å². The van der Waals surface area contributed by atoms with E-state index in [-0.39, 0.29) is 0 Å². The number of anilines is 1. The molecule has 0 saturated carbocycles. The zero-order valence-electron chi connectivity index (χ0n) is 11.1. The summed E-state index contributed by atoms with van der Waals surface area (Å²) in [6.45, 7) is 4.68. The Kier molecular flexibility index (Phi) is 3.66. The molecule has 1 aromatic rings. The van der Waals surface area contributed by atoms with E-state index in [1.807, 2.05) is 12.1 Å². The van der Waals surface area contributed by atoms with Crippen molar-refractivity contribution in [3.63, 3.8) is 0 Å². The van der Waals surface area contributed by atoms with Crippen LogP contribution in [-0.2, 0) is 0 Å². The Hall–Kier alpha value is -1.20. The zero-order valence-corrected chi connectivity index (χ0v) is 11.9. The second-order valence-corrected chi connectivity index (χ2v) is 5.84. The largest absolute Gasteiger partial charge is 0.389 e. The average molecular weight is 276 g/mol. The van der Waals surface area contributed by atoms with Crippen LogP contribution in [0.1, 0.15) is 24.8 Å². The Bertz CT molecular complexity index is 459. The number of nitrogens with two attached hydrogens (primary N) is 1. The molecule has 1 aromatic heterocycles. The number of pyridine rings is 1. The third-order valence-electron chi connectivity index (χ3n) is 4.16. The Morgan fingerprint density at radius 2 is 2.11 bits per heavy atom. The molecule has 19 heavy (non-hydrogen) atoms. The van der Waals surface area contributed by atoms with Gasteiger partial charge < -0.3 is 10.6 Å². The molecule has 0 spiro atoms. The minimum Gasteiger partial charge on any atom is -0.389 e. The number of nitrogens with zero attached hydrogens (tertiary/aromatic N) is 3. The van der Waals surface area contributed by atoms with E-state index >= 15 is 0 Å². The molecule has 102 valence electrons. The molecule has 4 nitrogen and oxygen atoms in total. The molecule has 0 amide bonds. The van der Waals surface area contributed by atoms with Gasteiger partial charge in [-0.05, 0) is 37.9 Å². The predicted molar refractivity (Wildman–Crippen MR) is 81.5 cm³/mol. The fourth-order valence-electron chi connectivity index (χ4n) is 3.13. The van der Waals surface area contributed by atoms with Gasteiger partial charge in [-0.1, -0.05) is 12.2 Å². The molecule has 2 fully saturated rings. The van der Waals surface area contributed by atoms with Crippen molar-refractivity contribution >= 4 is 23.0 Å². The van der Waals surface area contributed by atoms with E-state index in [0.29, 0.717) is 11.0 Å². The van der Waals surface area contributed by atoms with Crippen LogP contribution >= 0.6 is 12.2 Å². The molecule has 5 heteroatoms. The van der Waals surface area contributed by atoms with Crippen LogP contribution in [0.15, 0.2) is 18.3 Å². The van der Waals surface area contributed by atoms with Gasteiger partial charge in [0.1, 0.15) is 10.8 Å². The van der Waals surface area contributed by atoms with Crippen molar-refractivity contribution < 1.29 is 0 Å². The first kappa shape index (κ1) is 12.8. The van der Waals surface area contributed by atoms with E-state index in [0.717, 1.165) is 24.5 Å². The summed E-state index contributed by atoms with van der Waals surface area (Å²) in [5, 5.41) is 0. The van der Waals surface area contributed by atoms with E-state index in [4.69, 9.17) is 18.0 Å². The summed E-state index contributed by atoms with van der Waals surface area (Å²) in [5.74, 6) is 1.05. The number of hydrogen-bond acceptors (Lipinski definition) is 4. The summed E-state index contributed by atoms with van der Waals surface area (Å²) in [5.41, 5.74) is 6.45. The standard InChI is InChI=1S/C14H20N4S/c15-14(19)11-4-5-13(16-9-11)18-8-2-7-17-6-1-3-12(17)10-18/h4-5,9,12H,1-3,6-8,10H2,(H2,15,19). The maximum atomic E-state index is 5.61. The first-order valence-corrected chi connectivity index (χ1v) is 7.40. The smallest absolute Gasteiger partial charge is 0.128 e. The van der Waals surface area contributed by atoms with Gasteiger partial charge in [0.2, 0.25) is 0 Å². The van der Waals surface area contributed by atoms with Crippen molar-refractivity contribution in [3.05, 3.63) is 23.9 Å². The number of rotatable bonds is 2. The lowest BCUT2D eigenvalue weighted by Gasteiger charge is -2.26. The van der Waals surface area contributed by atoms with Gasteiger partial charge in [-0.15, -0.1) is 0 Å². The van der Waals surface area contributed by atoms with E-state index in [1.54, 1.807) is 6.20 Å². The molecular formula is C14H20N4S. The van der Waals surface area contributed by atoms with Crippen molar-refractivity contribution in [1.82, 2.24) is 9.88 Å². The summed E-state index contributed by atoms with van der Waals surface area (Å²) in [4.78, 5) is 9.96. The lowest BCUT2D eigenvalue weighted by Crippen LogP contribution is -2.36. The summed E-state index contributed by atoms with van der Waals surface area (Å²) in [6.07, 6.45) is 5.66. The van der Waals surface area contributed by atoms with Crippen LogP contribution in [0.3, 0.4) is 0 Å². The Morgan fingerprint density at radius 3 is 2.84 bits per heavy atom. The van der Waals surface area contributed by atoms with Crippen LogP contribution < -0.4 is 10.6 Å². The molecule has 2 N–H and O–H groups in total. The van der Waals surface area contributed by atoms with Gasteiger partial charge >= 0.3 is 0 Å². The number of hydrogen-bond donors (Lipinski definition) is 1. The highest BCUT2D eigenvalue weighted by Gasteiger charge is 2.29. The monoisotopic (exact) mass is 276 g/mol. The van der Waals surface area contributed by atoms with Crippen LogP contribution in [0.25, 0.3) is 0 Å². The topological polar surface area (TPSA) is 45.4 Å². The third-order valence-corrected chi connectivity index (χ3v) is 4.40. The lowest BCUT2D eigenvalue weighted by atomic mass is 10.2. The summed E-state index contributed by atoms with van der Waals surface area (Å²) in [7, 11) is 0. The molecule has 3 heterocycles. The van der Waals surface area contributed by atoms with Crippen molar-refractivity contribution in [2.45, 2.75) is 25.3 Å². The number of thiocarbonyl (C=S) groups is 1. The average Bonchev–Trinajstić information content (AvgIpc) is 2.76. The van der Waals surface area contributed by atoms with Crippen molar-refractivity contribution in [3.8, 4) is 0 Å². The first-order chi connectivity index (χ1) is 9.24. The normalized spacial score (nSPS) is 24.0. The van der Waals surface area contributed by atoms with Crippen LogP contribution in [0, 0.1) is 0 Å². The van der Waals surface area contributed by atoms with Crippen LogP contribution in [0.5, 0.6) is 0 Å². The maximum absolute atomic E-state index is 5.61. The van der Waals surface area contributed by atoms with Gasteiger partial charge in [0.25, 0.3) is 0 Å². The van der Waals surface area contributed by atoms with Gasteiger partial charge in [0, 0.05) is 37.4 Å². The van der Waals surface area contributed by atoms with Crippen LogP contribution in [0.4, 0.5) is 5.82 Å². The predicted octanol–water partition coefficient (Wildman–Crippen LogP) is 1.39. The van der Waals surface area contributed by atoms with Gasteiger partial charge in [0.15, 0.2) is 0 Å². The minimum absolute atomic E-state index is 0.414. The Labute approximate surface area is 119 Å². The lowest BCUT2D eigenvalue weighted by molar-refractivity contribution is 0.273. The molecule has 0 bridgehead atoms. The van der Waals surface area contributed by atoms with Crippen molar-refractivity contribution in [2.24, 2.45) is 5.73 Å². The number of fused-ring (bicyclic) bond motifs is 1. The molecule has 0 radical (unpaired) electrons. The summed E-state index contributed by atoms with van der Waals surface area (Å²) < 4.78 is 0. The molecular weight excluding hydrogens is 256 g/mol. The van der Waals surface area contributed by atoms with Gasteiger partial charge in [-0.3, -0.25) is 4.90 Å².